The van der Waals surface area contributed by atoms with Crippen LogP contribution in [0.25, 0.3) is 0 Å². The molecule has 2 rings (SSSR count). The standard InChI is InChI=1S/C15H25N3O/c1-9(2)12-6-5-10(3)7-13(12)19-14-11(4)8-17-15(16)18-14/h8-10,12-13H,5-7H2,1-4H3,(H2,16,17,18). The largest absolute Gasteiger partial charge is 0.474 e. The lowest BCUT2D eigenvalue weighted by Crippen LogP contribution is -2.36. The highest BCUT2D eigenvalue weighted by Crippen LogP contribution is 2.36. The molecule has 0 aromatic carbocycles. The predicted molar refractivity (Wildman–Crippen MR) is 76.9 cm³/mol. The van der Waals surface area contributed by atoms with Crippen LogP contribution in [0.4, 0.5) is 5.95 Å². The van der Waals surface area contributed by atoms with Crippen LogP contribution >= 0.6 is 0 Å². The van der Waals surface area contributed by atoms with Gasteiger partial charge in [-0.2, -0.15) is 4.98 Å². The van der Waals surface area contributed by atoms with Gasteiger partial charge in [0.25, 0.3) is 0 Å². The minimum absolute atomic E-state index is 0.247. The number of aryl methyl sites for hydroxylation is 1. The van der Waals surface area contributed by atoms with Gasteiger partial charge in [0, 0.05) is 11.8 Å². The summed E-state index contributed by atoms with van der Waals surface area (Å²) in [6.07, 6.45) is 5.62. The third-order valence-electron chi connectivity index (χ3n) is 4.17. The number of anilines is 1. The highest BCUT2D eigenvalue weighted by atomic mass is 16.5. The van der Waals surface area contributed by atoms with Crippen LogP contribution in [0.5, 0.6) is 5.88 Å². The predicted octanol–water partition coefficient (Wildman–Crippen LogP) is 3.21. The number of nitrogens with zero attached hydrogens (tertiary/aromatic N) is 2. The van der Waals surface area contributed by atoms with Crippen molar-refractivity contribution in [1.82, 2.24) is 9.97 Å². The molecule has 1 fully saturated rings. The Kier molecular flexibility index (Phi) is 4.27. The zero-order chi connectivity index (χ0) is 14.0. The lowest BCUT2D eigenvalue weighted by molar-refractivity contribution is 0.0421. The molecule has 3 unspecified atom stereocenters. The van der Waals surface area contributed by atoms with Gasteiger partial charge >= 0.3 is 0 Å². The van der Waals surface area contributed by atoms with Gasteiger partial charge in [0.05, 0.1) is 0 Å². The quantitative estimate of drug-likeness (QED) is 0.909. The van der Waals surface area contributed by atoms with E-state index in [1.165, 1.54) is 12.8 Å². The average Bonchev–Trinajstić information content (AvgIpc) is 2.33. The molecule has 1 heterocycles. The summed E-state index contributed by atoms with van der Waals surface area (Å²) in [5.74, 6) is 2.89. The second-order valence-corrected chi connectivity index (χ2v) is 6.20. The zero-order valence-electron chi connectivity index (χ0n) is 12.4. The van der Waals surface area contributed by atoms with E-state index in [0.29, 0.717) is 17.7 Å². The molecule has 1 aliphatic rings. The first-order valence-electron chi connectivity index (χ1n) is 7.23. The van der Waals surface area contributed by atoms with Gasteiger partial charge in [0.1, 0.15) is 6.10 Å². The first-order valence-corrected chi connectivity index (χ1v) is 7.23. The number of rotatable bonds is 3. The number of aromatic nitrogens is 2. The molecule has 1 saturated carbocycles. The van der Waals surface area contributed by atoms with E-state index >= 15 is 0 Å². The van der Waals surface area contributed by atoms with E-state index in [1.807, 2.05) is 6.92 Å². The van der Waals surface area contributed by atoms with Crippen molar-refractivity contribution < 1.29 is 4.74 Å². The number of nitrogen functional groups attached to an aromatic ring is 1. The van der Waals surface area contributed by atoms with E-state index in [9.17, 15) is 0 Å². The molecule has 0 spiro atoms. The summed E-state index contributed by atoms with van der Waals surface area (Å²) in [5.41, 5.74) is 6.61. The van der Waals surface area contributed by atoms with Crippen molar-refractivity contribution in [2.24, 2.45) is 17.8 Å². The minimum atomic E-state index is 0.247. The van der Waals surface area contributed by atoms with Crippen molar-refractivity contribution in [1.29, 1.82) is 0 Å². The van der Waals surface area contributed by atoms with E-state index in [-0.39, 0.29) is 12.1 Å². The average molecular weight is 263 g/mol. The van der Waals surface area contributed by atoms with Gasteiger partial charge in [0.2, 0.25) is 11.8 Å². The summed E-state index contributed by atoms with van der Waals surface area (Å²) < 4.78 is 6.18. The van der Waals surface area contributed by atoms with Crippen molar-refractivity contribution in [2.45, 2.75) is 53.1 Å². The van der Waals surface area contributed by atoms with E-state index in [4.69, 9.17) is 10.5 Å². The second kappa shape index (κ2) is 5.76. The van der Waals surface area contributed by atoms with Crippen LogP contribution in [-0.4, -0.2) is 16.1 Å². The van der Waals surface area contributed by atoms with E-state index in [1.54, 1.807) is 6.20 Å². The highest BCUT2D eigenvalue weighted by molar-refractivity contribution is 5.28. The molecular formula is C15H25N3O. The fourth-order valence-corrected chi connectivity index (χ4v) is 2.95. The van der Waals surface area contributed by atoms with Crippen LogP contribution in [-0.2, 0) is 0 Å². The molecule has 1 aromatic rings. The Balaban J connectivity index is 2.16. The Morgan fingerprint density at radius 3 is 2.79 bits per heavy atom. The SMILES string of the molecule is Cc1cnc(N)nc1OC1CC(C)CCC1C(C)C. The van der Waals surface area contributed by atoms with Crippen LogP contribution in [0.3, 0.4) is 0 Å². The molecule has 106 valence electrons. The molecule has 0 saturated heterocycles. The molecule has 4 nitrogen and oxygen atoms in total. The molecular weight excluding hydrogens is 238 g/mol. The second-order valence-electron chi connectivity index (χ2n) is 6.20. The van der Waals surface area contributed by atoms with Gasteiger partial charge in [-0.25, -0.2) is 4.98 Å². The Bertz CT molecular complexity index is 433. The zero-order valence-corrected chi connectivity index (χ0v) is 12.4. The molecule has 1 aromatic heterocycles. The van der Waals surface area contributed by atoms with Crippen molar-refractivity contribution in [3.63, 3.8) is 0 Å². The number of ether oxygens (including phenoxy) is 1. The number of nitrogens with two attached hydrogens (primary N) is 1. The van der Waals surface area contributed by atoms with Gasteiger partial charge in [-0.3, -0.25) is 0 Å². The van der Waals surface area contributed by atoms with Crippen molar-refractivity contribution in [3.8, 4) is 5.88 Å². The van der Waals surface area contributed by atoms with Gasteiger partial charge in [-0.1, -0.05) is 27.2 Å². The summed E-state index contributed by atoms with van der Waals surface area (Å²) in [5, 5.41) is 0. The molecule has 2 N–H and O–H groups in total. The summed E-state index contributed by atoms with van der Waals surface area (Å²) in [6.45, 7) is 8.82. The molecule has 0 radical (unpaired) electrons. The molecule has 4 heteroatoms. The van der Waals surface area contributed by atoms with Crippen molar-refractivity contribution in [3.05, 3.63) is 11.8 Å². The van der Waals surface area contributed by atoms with Crippen LogP contribution in [0, 0.1) is 24.7 Å². The topological polar surface area (TPSA) is 61.0 Å². The number of hydrogen-bond acceptors (Lipinski definition) is 4. The summed E-state index contributed by atoms with van der Waals surface area (Å²) >= 11 is 0. The van der Waals surface area contributed by atoms with Crippen LogP contribution in [0.1, 0.15) is 45.6 Å². The lowest BCUT2D eigenvalue weighted by atomic mass is 9.75. The lowest BCUT2D eigenvalue weighted by Gasteiger charge is -2.37. The molecule has 1 aliphatic carbocycles. The first kappa shape index (κ1) is 14.1. The van der Waals surface area contributed by atoms with Crippen LogP contribution < -0.4 is 10.5 Å². The smallest absolute Gasteiger partial charge is 0.223 e. The van der Waals surface area contributed by atoms with Crippen molar-refractivity contribution in [2.75, 3.05) is 5.73 Å². The van der Waals surface area contributed by atoms with Crippen LogP contribution in [0.15, 0.2) is 6.20 Å². The van der Waals surface area contributed by atoms with Gasteiger partial charge in [0.15, 0.2) is 0 Å². The third-order valence-corrected chi connectivity index (χ3v) is 4.17. The maximum Gasteiger partial charge on any atom is 0.223 e. The molecule has 0 amide bonds. The van der Waals surface area contributed by atoms with E-state index < -0.39 is 0 Å². The Morgan fingerprint density at radius 2 is 2.11 bits per heavy atom. The fourth-order valence-electron chi connectivity index (χ4n) is 2.95. The summed E-state index contributed by atoms with van der Waals surface area (Å²) in [7, 11) is 0. The fraction of sp³-hybridized carbons (Fsp3) is 0.733. The van der Waals surface area contributed by atoms with Crippen LogP contribution in [0.2, 0.25) is 0 Å². The molecule has 3 atom stereocenters. The Morgan fingerprint density at radius 1 is 1.37 bits per heavy atom. The van der Waals surface area contributed by atoms with Gasteiger partial charge in [-0.05, 0) is 37.5 Å². The van der Waals surface area contributed by atoms with E-state index in [0.717, 1.165) is 17.9 Å². The van der Waals surface area contributed by atoms with Gasteiger partial charge in [-0.15, -0.1) is 0 Å². The maximum atomic E-state index is 6.18. The molecule has 19 heavy (non-hydrogen) atoms. The monoisotopic (exact) mass is 263 g/mol. The summed E-state index contributed by atoms with van der Waals surface area (Å²) in [6, 6.07) is 0. The summed E-state index contributed by atoms with van der Waals surface area (Å²) in [4.78, 5) is 8.22. The Hall–Kier alpha value is -1.32. The minimum Gasteiger partial charge on any atom is -0.474 e. The van der Waals surface area contributed by atoms with Crippen molar-refractivity contribution >= 4 is 5.95 Å². The maximum absolute atomic E-state index is 6.18. The molecule has 0 bridgehead atoms. The van der Waals surface area contributed by atoms with Gasteiger partial charge < -0.3 is 10.5 Å². The third kappa shape index (κ3) is 3.37. The highest BCUT2D eigenvalue weighted by Gasteiger charge is 2.32. The molecule has 0 aliphatic heterocycles. The first-order chi connectivity index (χ1) is 8.97. The Labute approximate surface area is 115 Å². The van der Waals surface area contributed by atoms with E-state index in [2.05, 4.69) is 30.7 Å². The normalized spacial score (nSPS) is 27.5. The number of hydrogen-bond donors (Lipinski definition) is 1.